The van der Waals surface area contributed by atoms with Crippen molar-refractivity contribution >= 4 is 17.6 Å². The molecule has 1 aliphatic carbocycles. The highest BCUT2D eigenvalue weighted by Gasteiger charge is 2.24. The van der Waals surface area contributed by atoms with Crippen LogP contribution >= 0.6 is 0 Å². The maximum Gasteiger partial charge on any atom is 0.321 e. The zero-order chi connectivity index (χ0) is 16.8. The Morgan fingerprint density at radius 2 is 1.83 bits per heavy atom. The highest BCUT2D eigenvalue weighted by molar-refractivity contribution is 5.95. The zero-order valence-electron chi connectivity index (χ0n) is 14.1. The van der Waals surface area contributed by atoms with Crippen molar-refractivity contribution in [2.45, 2.75) is 32.4 Å². The lowest BCUT2D eigenvalue weighted by Crippen LogP contribution is -2.45. The van der Waals surface area contributed by atoms with Crippen LogP contribution in [-0.2, 0) is 11.3 Å². The molecule has 0 aliphatic heterocycles. The summed E-state index contributed by atoms with van der Waals surface area (Å²) in [4.78, 5) is 27.6. The van der Waals surface area contributed by atoms with Crippen LogP contribution in [0.4, 0.5) is 10.5 Å². The van der Waals surface area contributed by atoms with Gasteiger partial charge in [-0.25, -0.2) is 4.79 Å². The molecule has 0 radical (unpaired) electrons. The van der Waals surface area contributed by atoms with Gasteiger partial charge >= 0.3 is 6.03 Å². The van der Waals surface area contributed by atoms with Gasteiger partial charge in [0, 0.05) is 32.4 Å². The Bertz CT molecular complexity index is 538. The van der Waals surface area contributed by atoms with Crippen molar-refractivity contribution in [1.29, 1.82) is 0 Å². The first-order valence-electron chi connectivity index (χ1n) is 8.07. The molecule has 3 amide bonds. The van der Waals surface area contributed by atoms with Crippen LogP contribution in [0.3, 0.4) is 0 Å². The summed E-state index contributed by atoms with van der Waals surface area (Å²) in [6.45, 7) is 3.64. The van der Waals surface area contributed by atoms with Crippen molar-refractivity contribution in [2.75, 3.05) is 32.1 Å². The number of carbonyl (C=O) groups is 2. The van der Waals surface area contributed by atoms with Gasteiger partial charge in [-0.1, -0.05) is 19.1 Å². The molecule has 0 atom stereocenters. The van der Waals surface area contributed by atoms with Gasteiger partial charge in [0.2, 0.25) is 5.91 Å². The van der Waals surface area contributed by atoms with Gasteiger partial charge in [-0.2, -0.15) is 0 Å². The molecule has 1 saturated carbocycles. The molecule has 1 aliphatic rings. The molecule has 1 aromatic rings. The Morgan fingerprint density at radius 1 is 1.17 bits per heavy atom. The Balaban J connectivity index is 1.81. The number of nitrogens with one attached hydrogen (secondary N) is 2. The molecular weight excluding hydrogens is 292 g/mol. The summed E-state index contributed by atoms with van der Waals surface area (Å²) in [6.07, 6.45) is 2.01. The Morgan fingerprint density at radius 3 is 2.35 bits per heavy atom. The quantitative estimate of drug-likeness (QED) is 0.801. The monoisotopic (exact) mass is 318 g/mol. The molecule has 0 spiro atoms. The van der Waals surface area contributed by atoms with Crippen molar-refractivity contribution in [3.63, 3.8) is 0 Å². The van der Waals surface area contributed by atoms with E-state index in [9.17, 15) is 9.59 Å². The van der Waals surface area contributed by atoms with Gasteiger partial charge in [-0.15, -0.1) is 0 Å². The van der Waals surface area contributed by atoms with Crippen LogP contribution in [0, 0.1) is 0 Å². The third kappa shape index (κ3) is 5.90. The standard InChI is InChI=1S/C17H26N4O2/c1-4-21(11-13-5-9-15(10-6-13)20(2)3)12-16(22)19-17(23)18-14-7-8-14/h5-6,9-10,14H,4,7-8,11-12H2,1-3H3,(H2,18,19,22,23). The zero-order valence-corrected chi connectivity index (χ0v) is 14.1. The Hall–Kier alpha value is -2.08. The molecule has 1 fully saturated rings. The topological polar surface area (TPSA) is 64.7 Å². The molecule has 0 heterocycles. The second-order valence-corrected chi connectivity index (χ2v) is 6.16. The number of hydrogen-bond donors (Lipinski definition) is 2. The fourth-order valence-corrected chi connectivity index (χ4v) is 2.26. The molecule has 0 unspecified atom stereocenters. The summed E-state index contributed by atoms with van der Waals surface area (Å²) >= 11 is 0. The molecule has 6 nitrogen and oxygen atoms in total. The van der Waals surface area contributed by atoms with Gasteiger partial charge < -0.3 is 10.2 Å². The molecule has 2 rings (SSSR count). The summed E-state index contributed by atoms with van der Waals surface area (Å²) < 4.78 is 0. The Labute approximate surface area is 137 Å². The molecule has 0 bridgehead atoms. The highest BCUT2D eigenvalue weighted by Crippen LogP contribution is 2.18. The van der Waals surface area contributed by atoms with Gasteiger partial charge in [0.05, 0.1) is 6.54 Å². The molecule has 126 valence electrons. The second-order valence-electron chi connectivity index (χ2n) is 6.16. The number of benzene rings is 1. The van der Waals surface area contributed by atoms with E-state index in [0.29, 0.717) is 6.54 Å². The average molecular weight is 318 g/mol. The van der Waals surface area contributed by atoms with Crippen LogP contribution in [-0.4, -0.2) is 50.1 Å². The first-order chi connectivity index (χ1) is 11.0. The van der Waals surface area contributed by atoms with Crippen molar-refractivity contribution < 1.29 is 9.59 Å². The number of imide groups is 1. The van der Waals surface area contributed by atoms with Gasteiger partial charge in [-0.05, 0) is 37.1 Å². The lowest BCUT2D eigenvalue weighted by Gasteiger charge is -2.20. The van der Waals surface area contributed by atoms with E-state index in [1.165, 1.54) is 0 Å². The minimum absolute atomic E-state index is 0.212. The predicted octanol–water partition coefficient (Wildman–Crippen LogP) is 1.56. The van der Waals surface area contributed by atoms with Crippen molar-refractivity contribution in [1.82, 2.24) is 15.5 Å². The van der Waals surface area contributed by atoms with Crippen LogP contribution in [0.5, 0.6) is 0 Å². The fraction of sp³-hybridized carbons (Fsp3) is 0.529. The summed E-state index contributed by atoms with van der Waals surface area (Å²) in [7, 11) is 4.01. The van der Waals surface area contributed by atoms with E-state index in [0.717, 1.165) is 30.6 Å². The molecule has 0 saturated heterocycles. The third-order valence-corrected chi connectivity index (χ3v) is 3.84. The number of rotatable bonds is 7. The van der Waals surface area contributed by atoms with Crippen LogP contribution in [0.1, 0.15) is 25.3 Å². The minimum atomic E-state index is -0.385. The highest BCUT2D eigenvalue weighted by atomic mass is 16.2. The van der Waals surface area contributed by atoms with Crippen molar-refractivity contribution in [3.05, 3.63) is 29.8 Å². The van der Waals surface area contributed by atoms with Crippen molar-refractivity contribution in [3.8, 4) is 0 Å². The number of likely N-dealkylation sites (N-methyl/N-ethyl adjacent to an activating group) is 1. The minimum Gasteiger partial charge on any atom is -0.378 e. The molecule has 1 aromatic carbocycles. The number of nitrogens with zero attached hydrogens (tertiary/aromatic N) is 2. The van der Waals surface area contributed by atoms with E-state index in [-0.39, 0.29) is 24.5 Å². The molecule has 0 aromatic heterocycles. The van der Waals surface area contributed by atoms with E-state index < -0.39 is 0 Å². The molecule has 6 heteroatoms. The smallest absolute Gasteiger partial charge is 0.321 e. The molecule has 23 heavy (non-hydrogen) atoms. The average Bonchev–Trinajstić information content (AvgIpc) is 3.30. The number of amides is 3. The molecular formula is C17H26N4O2. The largest absolute Gasteiger partial charge is 0.378 e. The number of hydrogen-bond acceptors (Lipinski definition) is 4. The van der Waals surface area contributed by atoms with Gasteiger partial charge in [0.25, 0.3) is 0 Å². The number of carbonyl (C=O) groups excluding carboxylic acids is 2. The first kappa shape index (κ1) is 17.3. The lowest BCUT2D eigenvalue weighted by atomic mass is 10.2. The number of urea groups is 1. The third-order valence-electron chi connectivity index (χ3n) is 3.84. The lowest BCUT2D eigenvalue weighted by molar-refractivity contribution is -0.121. The van der Waals surface area contributed by atoms with Gasteiger partial charge in [-0.3, -0.25) is 15.0 Å². The first-order valence-corrected chi connectivity index (χ1v) is 8.07. The van der Waals surface area contributed by atoms with Crippen molar-refractivity contribution in [2.24, 2.45) is 0 Å². The summed E-state index contributed by atoms with van der Waals surface area (Å²) in [6, 6.07) is 8.12. The summed E-state index contributed by atoms with van der Waals surface area (Å²) in [5, 5.41) is 5.14. The van der Waals surface area contributed by atoms with Gasteiger partial charge in [0.15, 0.2) is 0 Å². The van der Waals surface area contributed by atoms with E-state index in [1.54, 1.807) is 0 Å². The fourth-order valence-electron chi connectivity index (χ4n) is 2.26. The Kier molecular flexibility index (Phi) is 5.98. The molecule has 2 N–H and O–H groups in total. The predicted molar refractivity (Wildman–Crippen MR) is 91.4 cm³/mol. The van der Waals surface area contributed by atoms with E-state index in [4.69, 9.17) is 0 Å². The normalized spacial score (nSPS) is 13.7. The maximum atomic E-state index is 11.9. The van der Waals surface area contributed by atoms with Crippen LogP contribution in [0.2, 0.25) is 0 Å². The van der Waals surface area contributed by atoms with Crippen LogP contribution < -0.4 is 15.5 Å². The van der Waals surface area contributed by atoms with Crippen LogP contribution in [0.15, 0.2) is 24.3 Å². The van der Waals surface area contributed by atoms with E-state index >= 15 is 0 Å². The SMILES string of the molecule is CCN(CC(=O)NC(=O)NC1CC1)Cc1ccc(N(C)C)cc1. The van der Waals surface area contributed by atoms with E-state index in [1.807, 2.05) is 30.8 Å². The van der Waals surface area contributed by atoms with E-state index in [2.05, 4.69) is 34.9 Å². The summed E-state index contributed by atoms with van der Waals surface area (Å²) in [5.41, 5.74) is 2.29. The second kappa shape index (κ2) is 7.97. The van der Waals surface area contributed by atoms with Crippen LogP contribution in [0.25, 0.3) is 0 Å². The van der Waals surface area contributed by atoms with Gasteiger partial charge in [0.1, 0.15) is 0 Å². The maximum absolute atomic E-state index is 11.9. The number of anilines is 1. The summed E-state index contributed by atoms with van der Waals surface area (Å²) in [5.74, 6) is -0.269.